The van der Waals surface area contributed by atoms with Crippen LogP contribution in [0.4, 0.5) is 8.78 Å². The number of halogens is 2. The lowest BCUT2D eigenvalue weighted by Crippen LogP contribution is -2.43. The molecule has 1 fully saturated rings. The van der Waals surface area contributed by atoms with E-state index < -0.39 is 28.3 Å². The molecule has 1 aliphatic carbocycles. The number of nitrogens with two attached hydrogens (primary N) is 1. The first-order chi connectivity index (χ1) is 7.28. The molecule has 0 radical (unpaired) electrons. The van der Waals surface area contributed by atoms with Crippen molar-refractivity contribution in [1.29, 1.82) is 0 Å². The Kier molecular flexibility index (Phi) is 2.24. The molecule has 16 heavy (non-hydrogen) atoms. The molecule has 1 aromatic rings. The van der Waals surface area contributed by atoms with Gasteiger partial charge in [-0.15, -0.1) is 0 Å². The van der Waals surface area contributed by atoms with Crippen LogP contribution in [-0.4, -0.2) is 10.6 Å². The number of benzene rings is 1. The molecule has 1 aliphatic rings. The molecule has 0 aromatic heterocycles. The van der Waals surface area contributed by atoms with Gasteiger partial charge in [-0.3, -0.25) is 0 Å². The summed E-state index contributed by atoms with van der Waals surface area (Å²) in [4.78, 5) is 0. The van der Waals surface area contributed by atoms with E-state index >= 15 is 0 Å². The quantitative estimate of drug-likeness (QED) is 0.815. The minimum Gasteiger partial charge on any atom is -0.505 e. The molecule has 0 unspecified atom stereocenters. The van der Waals surface area contributed by atoms with Gasteiger partial charge in [0.1, 0.15) is 5.82 Å². The van der Waals surface area contributed by atoms with Gasteiger partial charge in [0.2, 0.25) is 0 Å². The predicted octanol–water partition coefficient (Wildman–Crippen LogP) is 2.44. The van der Waals surface area contributed by atoms with Crippen molar-refractivity contribution in [2.24, 2.45) is 5.73 Å². The highest BCUT2D eigenvalue weighted by molar-refractivity contribution is 5.43. The average molecular weight is 227 g/mol. The van der Waals surface area contributed by atoms with Gasteiger partial charge in [-0.25, -0.2) is 8.78 Å². The average Bonchev–Trinajstić information content (AvgIpc) is 2.91. The van der Waals surface area contributed by atoms with Crippen LogP contribution in [0.1, 0.15) is 32.3 Å². The second-order valence-electron chi connectivity index (χ2n) is 5.06. The van der Waals surface area contributed by atoms with Crippen LogP contribution in [-0.2, 0) is 5.41 Å². The maximum Gasteiger partial charge on any atom is 0.168 e. The van der Waals surface area contributed by atoms with Crippen LogP contribution in [0.5, 0.6) is 5.75 Å². The lowest BCUT2D eigenvalue weighted by Gasteiger charge is -2.33. The molecule has 4 heteroatoms. The molecular weight excluding hydrogens is 212 g/mol. The van der Waals surface area contributed by atoms with Crippen LogP contribution >= 0.6 is 0 Å². The van der Waals surface area contributed by atoms with Crippen LogP contribution < -0.4 is 5.73 Å². The third-order valence-electron chi connectivity index (χ3n) is 3.73. The smallest absolute Gasteiger partial charge is 0.168 e. The molecule has 88 valence electrons. The lowest BCUT2D eigenvalue weighted by molar-refractivity contribution is 0.351. The third-order valence-corrected chi connectivity index (χ3v) is 3.73. The summed E-state index contributed by atoms with van der Waals surface area (Å²) in [7, 11) is 0. The summed E-state index contributed by atoms with van der Waals surface area (Å²) in [5.74, 6) is -2.13. The molecule has 2 rings (SSSR count). The summed E-state index contributed by atoms with van der Waals surface area (Å²) < 4.78 is 26.4. The van der Waals surface area contributed by atoms with Crippen molar-refractivity contribution >= 4 is 0 Å². The van der Waals surface area contributed by atoms with E-state index in [1.807, 2.05) is 0 Å². The highest BCUT2D eigenvalue weighted by Crippen LogP contribution is 2.51. The summed E-state index contributed by atoms with van der Waals surface area (Å²) in [5, 5.41) is 9.65. The van der Waals surface area contributed by atoms with Gasteiger partial charge in [0.05, 0.1) is 0 Å². The van der Waals surface area contributed by atoms with Crippen molar-refractivity contribution in [3.05, 3.63) is 29.3 Å². The summed E-state index contributed by atoms with van der Waals surface area (Å²) >= 11 is 0. The van der Waals surface area contributed by atoms with Crippen LogP contribution in [0.25, 0.3) is 0 Å². The number of rotatable bonds is 2. The van der Waals surface area contributed by atoms with Gasteiger partial charge in [0.25, 0.3) is 0 Å². The fourth-order valence-corrected chi connectivity index (χ4v) is 2.07. The largest absolute Gasteiger partial charge is 0.505 e. The lowest BCUT2D eigenvalue weighted by atomic mass is 9.75. The van der Waals surface area contributed by atoms with E-state index in [-0.39, 0.29) is 5.56 Å². The summed E-state index contributed by atoms with van der Waals surface area (Å²) in [5.41, 5.74) is 5.20. The topological polar surface area (TPSA) is 46.2 Å². The highest BCUT2D eigenvalue weighted by atomic mass is 19.1. The molecule has 0 heterocycles. The van der Waals surface area contributed by atoms with Gasteiger partial charge in [0, 0.05) is 22.6 Å². The van der Waals surface area contributed by atoms with E-state index in [4.69, 9.17) is 5.73 Å². The second-order valence-corrected chi connectivity index (χ2v) is 5.06. The van der Waals surface area contributed by atoms with Gasteiger partial charge in [-0.1, -0.05) is 13.8 Å². The highest BCUT2D eigenvalue weighted by Gasteiger charge is 2.53. The Morgan fingerprint density at radius 3 is 2.38 bits per heavy atom. The zero-order valence-corrected chi connectivity index (χ0v) is 9.35. The maximum absolute atomic E-state index is 13.2. The van der Waals surface area contributed by atoms with Crippen LogP contribution in [0.2, 0.25) is 0 Å². The van der Waals surface area contributed by atoms with Crippen LogP contribution in [0.3, 0.4) is 0 Å². The third kappa shape index (κ3) is 1.48. The molecule has 0 atom stereocenters. The van der Waals surface area contributed by atoms with Crippen molar-refractivity contribution in [3.63, 3.8) is 0 Å². The zero-order chi connectivity index (χ0) is 12.1. The minimum absolute atomic E-state index is 0.241. The first-order valence-electron chi connectivity index (χ1n) is 5.25. The fourth-order valence-electron chi connectivity index (χ4n) is 2.07. The number of phenolic OH excluding ortho intramolecular Hbond substituents is 1. The monoisotopic (exact) mass is 227 g/mol. The van der Waals surface area contributed by atoms with E-state index in [2.05, 4.69) is 0 Å². The Morgan fingerprint density at radius 1 is 1.31 bits per heavy atom. The fraction of sp³-hybridized carbons (Fsp3) is 0.500. The number of hydrogen-bond acceptors (Lipinski definition) is 2. The number of aromatic hydroxyl groups is 1. The van der Waals surface area contributed by atoms with Crippen molar-refractivity contribution in [1.82, 2.24) is 0 Å². The molecule has 3 N–H and O–H groups in total. The van der Waals surface area contributed by atoms with Gasteiger partial charge >= 0.3 is 0 Å². The van der Waals surface area contributed by atoms with E-state index in [9.17, 15) is 13.9 Å². The normalized spacial score (nSPS) is 18.6. The molecular formula is C12H15F2NO. The minimum atomic E-state index is -0.938. The summed E-state index contributed by atoms with van der Waals surface area (Å²) in [6.45, 7) is 3.60. The van der Waals surface area contributed by atoms with Crippen molar-refractivity contribution < 1.29 is 13.9 Å². The standard InChI is InChI=1S/C12H15F2NO/c1-11(2,12(15)3-4-12)8-5-7(13)6-9(14)10(8)16/h5-6,16H,3-4,15H2,1-2H3. The Hall–Kier alpha value is -1.16. The molecule has 0 amide bonds. The first-order valence-corrected chi connectivity index (χ1v) is 5.25. The number of phenols is 1. The zero-order valence-electron chi connectivity index (χ0n) is 9.35. The predicted molar refractivity (Wildman–Crippen MR) is 57.2 cm³/mol. The van der Waals surface area contributed by atoms with Gasteiger partial charge in [-0.05, 0) is 18.9 Å². The molecule has 2 nitrogen and oxygen atoms in total. The van der Waals surface area contributed by atoms with Crippen LogP contribution in [0.15, 0.2) is 12.1 Å². The van der Waals surface area contributed by atoms with E-state index in [0.717, 1.165) is 18.9 Å². The molecule has 1 saturated carbocycles. The Balaban J connectivity index is 2.55. The SMILES string of the molecule is CC(C)(c1cc(F)cc(F)c1O)C1(N)CC1. The van der Waals surface area contributed by atoms with Gasteiger partial charge < -0.3 is 10.8 Å². The number of hydrogen-bond donors (Lipinski definition) is 2. The second kappa shape index (κ2) is 3.17. The Labute approximate surface area is 93.1 Å². The van der Waals surface area contributed by atoms with E-state index in [1.165, 1.54) is 0 Å². The first kappa shape index (κ1) is 11.3. The van der Waals surface area contributed by atoms with Crippen molar-refractivity contribution in [2.45, 2.75) is 37.6 Å². The molecule has 0 spiro atoms. The van der Waals surface area contributed by atoms with E-state index in [1.54, 1.807) is 13.8 Å². The Morgan fingerprint density at radius 2 is 1.88 bits per heavy atom. The van der Waals surface area contributed by atoms with Gasteiger partial charge in [0.15, 0.2) is 11.6 Å². The van der Waals surface area contributed by atoms with Crippen molar-refractivity contribution in [2.75, 3.05) is 0 Å². The van der Waals surface area contributed by atoms with Crippen LogP contribution in [0, 0.1) is 11.6 Å². The van der Waals surface area contributed by atoms with E-state index in [0.29, 0.717) is 6.07 Å². The summed E-state index contributed by atoms with van der Waals surface area (Å²) in [6.07, 6.45) is 1.61. The maximum atomic E-state index is 13.2. The molecule has 1 aromatic carbocycles. The van der Waals surface area contributed by atoms with Gasteiger partial charge in [-0.2, -0.15) is 0 Å². The molecule has 0 aliphatic heterocycles. The Bertz CT molecular complexity index is 439. The van der Waals surface area contributed by atoms with Crippen molar-refractivity contribution in [3.8, 4) is 5.75 Å². The summed E-state index contributed by atoms with van der Waals surface area (Å²) in [6, 6.07) is 1.83. The molecule has 0 saturated heterocycles. The molecule has 0 bridgehead atoms.